The topological polar surface area (TPSA) is 23.8 Å². The highest BCUT2D eigenvalue weighted by molar-refractivity contribution is 5.46. The van der Waals surface area contributed by atoms with Gasteiger partial charge in [-0.1, -0.05) is 6.07 Å². The minimum atomic E-state index is -0.950. The molecule has 74 valence electrons. The van der Waals surface area contributed by atoms with E-state index in [4.69, 9.17) is 5.26 Å². The molecule has 0 saturated heterocycles. The van der Waals surface area contributed by atoms with Crippen molar-refractivity contribution in [2.24, 2.45) is 0 Å². The molecule has 0 bridgehead atoms. The summed E-state index contributed by atoms with van der Waals surface area (Å²) in [4.78, 5) is 0. The van der Waals surface area contributed by atoms with Crippen molar-refractivity contribution >= 4 is 0 Å². The van der Waals surface area contributed by atoms with Crippen molar-refractivity contribution < 1.29 is 13.2 Å². The monoisotopic (exact) mass is 199 g/mol. The third-order valence-corrected chi connectivity index (χ3v) is 2.06. The van der Waals surface area contributed by atoms with Crippen molar-refractivity contribution in [3.8, 4) is 6.07 Å². The van der Waals surface area contributed by atoms with Gasteiger partial charge in [-0.05, 0) is 17.2 Å². The van der Waals surface area contributed by atoms with Crippen molar-refractivity contribution in [2.45, 2.75) is 20.0 Å². The quantitative estimate of drug-likeness (QED) is 0.734. The van der Waals surface area contributed by atoms with Gasteiger partial charge in [0.05, 0.1) is 11.6 Å². The van der Waals surface area contributed by atoms with Gasteiger partial charge < -0.3 is 0 Å². The first-order valence-electron chi connectivity index (χ1n) is 4.00. The Morgan fingerprint density at radius 1 is 1.00 bits per heavy atom. The van der Waals surface area contributed by atoms with Gasteiger partial charge in [-0.25, -0.2) is 13.2 Å². The van der Waals surface area contributed by atoms with E-state index in [0.29, 0.717) is 0 Å². The van der Waals surface area contributed by atoms with Crippen LogP contribution in [0.4, 0.5) is 13.2 Å². The van der Waals surface area contributed by atoms with Gasteiger partial charge in [0.15, 0.2) is 0 Å². The predicted octanol–water partition coefficient (Wildman–Crippen LogP) is 2.97. The molecule has 1 nitrogen and oxygen atoms in total. The van der Waals surface area contributed by atoms with E-state index in [1.54, 1.807) is 6.07 Å². The highest BCUT2D eigenvalue weighted by Crippen LogP contribution is 2.22. The average Bonchev–Trinajstić information content (AvgIpc) is 2.26. The van der Waals surface area contributed by atoms with Crippen LogP contribution in [0.15, 0.2) is 12.1 Å². The van der Waals surface area contributed by atoms with E-state index in [2.05, 4.69) is 0 Å². The average molecular weight is 199 g/mol. The highest BCUT2D eigenvalue weighted by Gasteiger charge is 2.12. The molecule has 1 rings (SSSR count). The lowest BCUT2D eigenvalue weighted by molar-refractivity contribution is 0.436. The molecule has 0 saturated carbocycles. The van der Waals surface area contributed by atoms with E-state index >= 15 is 0 Å². The van der Waals surface area contributed by atoms with Gasteiger partial charge in [-0.2, -0.15) is 5.26 Å². The molecule has 0 aliphatic carbocycles. The summed E-state index contributed by atoms with van der Waals surface area (Å²) in [5, 5.41) is 8.60. The molecular weight excluding hydrogens is 191 g/mol. The number of rotatable bonds is 3. The number of hydrogen-bond donors (Lipinski definition) is 0. The van der Waals surface area contributed by atoms with E-state index in [0.717, 1.165) is 0 Å². The summed E-state index contributed by atoms with van der Waals surface area (Å²) in [6, 6.07) is 4.36. The Morgan fingerprint density at radius 3 is 2.07 bits per heavy atom. The highest BCUT2D eigenvalue weighted by atomic mass is 19.1. The summed E-state index contributed by atoms with van der Waals surface area (Å²) in [5.74, 6) is 0. The zero-order valence-electron chi connectivity index (χ0n) is 7.36. The van der Waals surface area contributed by atoms with Gasteiger partial charge in [0.25, 0.3) is 0 Å². The molecule has 4 heteroatoms. The molecule has 0 radical (unpaired) electrons. The lowest BCUT2D eigenvalue weighted by Gasteiger charge is -2.08. The summed E-state index contributed by atoms with van der Waals surface area (Å²) in [5.41, 5.74) is 0.107. The molecule has 0 fully saturated rings. The van der Waals surface area contributed by atoms with Crippen LogP contribution >= 0.6 is 0 Å². The summed E-state index contributed by atoms with van der Waals surface area (Å²) >= 11 is 0. The maximum atomic E-state index is 12.5. The molecule has 14 heavy (non-hydrogen) atoms. The second kappa shape index (κ2) is 4.66. The number of hydrogen-bond acceptors (Lipinski definition) is 1. The Morgan fingerprint density at radius 2 is 1.64 bits per heavy atom. The standard InChI is InChI=1S/C10H8F3N/c11-3-7-1-2-8(6-14)10(5-13)9(7)4-12/h1-2H,3-5H2. The van der Waals surface area contributed by atoms with Crippen LogP contribution in [0.2, 0.25) is 0 Å². The van der Waals surface area contributed by atoms with Crippen molar-refractivity contribution in [2.75, 3.05) is 0 Å². The number of alkyl halides is 3. The van der Waals surface area contributed by atoms with E-state index < -0.39 is 20.0 Å². The number of nitriles is 1. The van der Waals surface area contributed by atoms with Crippen LogP contribution < -0.4 is 0 Å². The molecule has 0 amide bonds. The normalized spacial score (nSPS) is 9.86. The molecule has 0 heterocycles. The van der Waals surface area contributed by atoms with Crippen LogP contribution in [0.3, 0.4) is 0 Å². The van der Waals surface area contributed by atoms with Crippen molar-refractivity contribution in [3.05, 3.63) is 34.4 Å². The first-order valence-corrected chi connectivity index (χ1v) is 4.00. The lowest BCUT2D eigenvalue weighted by atomic mass is 9.98. The zero-order chi connectivity index (χ0) is 10.6. The molecule has 0 unspecified atom stereocenters. The SMILES string of the molecule is N#Cc1ccc(CF)c(CF)c1CF. The lowest BCUT2D eigenvalue weighted by Crippen LogP contribution is -1.99. The molecule has 0 spiro atoms. The fraction of sp³-hybridized carbons (Fsp3) is 0.300. The van der Waals surface area contributed by atoms with Crippen LogP contribution in [-0.4, -0.2) is 0 Å². The van der Waals surface area contributed by atoms with E-state index in [1.807, 2.05) is 0 Å². The van der Waals surface area contributed by atoms with Crippen LogP contribution in [-0.2, 0) is 20.0 Å². The second-order valence-corrected chi connectivity index (χ2v) is 2.74. The summed E-state index contributed by atoms with van der Waals surface area (Å²) in [7, 11) is 0. The molecule has 1 aromatic rings. The minimum Gasteiger partial charge on any atom is -0.246 e. The van der Waals surface area contributed by atoms with Gasteiger partial charge in [0.1, 0.15) is 20.0 Å². The predicted molar refractivity (Wildman–Crippen MR) is 45.6 cm³/mol. The van der Waals surface area contributed by atoms with Crippen LogP contribution in [0.5, 0.6) is 0 Å². The van der Waals surface area contributed by atoms with Gasteiger partial charge in [-0.3, -0.25) is 0 Å². The Balaban J connectivity index is 3.38. The number of halogens is 3. The number of benzene rings is 1. The maximum Gasteiger partial charge on any atom is 0.116 e. The molecule has 0 aromatic heterocycles. The van der Waals surface area contributed by atoms with Crippen LogP contribution in [0, 0.1) is 11.3 Å². The third kappa shape index (κ3) is 1.72. The zero-order valence-corrected chi connectivity index (χ0v) is 7.36. The molecule has 0 aliphatic rings. The number of nitrogens with zero attached hydrogens (tertiary/aromatic N) is 1. The third-order valence-electron chi connectivity index (χ3n) is 2.06. The van der Waals surface area contributed by atoms with E-state index in [1.165, 1.54) is 12.1 Å². The van der Waals surface area contributed by atoms with Gasteiger partial charge in [0, 0.05) is 5.56 Å². The summed E-state index contributed by atoms with van der Waals surface area (Å²) < 4.78 is 37.3. The molecule has 0 atom stereocenters. The minimum absolute atomic E-state index is 0.0333. The fourth-order valence-corrected chi connectivity index (χ4v) is 1.29. The molecule has 0 N–H and O–H groups in total. The van der Waals surface area contributed by atoms with Gasteiger partial charge >= 0.3 is 0 Å². The molecule has 1 aromatic carbocycles. The van der Waals surface area contributed by atoms with Crippen molar-refractivity contribution in [3.63, 3.8) is 0 Å². The summed E-state index contributed by atoms with van der Waals surface area (Å²) in [6.45, 7) is -2.75. The van der Waals surface area contributed by atoms with Crippen LogP contribution in [0.1, 0.15) is 22.3 Å². The Labute approximate surface area is 79.8 Å². The summed E-state index contributed by atoms with van der Waals surface area (Å²) in [6.07, 6.45) is 0. The molecular formula is C10H8F3N. The smallest absolute Gasteiger partial charge is 0.116 e. The van der Waals surface area contributed by atoms with Gasteiger partial charge in [-0.15, -0.1) is 0 Å². The van der Waals surface area contributed by atoms with E-state index in [9.17, 15) is 13.2 Å². The first kappa shape index (κ1) is 10.6. The maximum absolute atomic E-state index is 12.5. The van der Waals surface area contributed by atoms with E-state index in [-0.39, 0.29) is 22.3 Å². The Bertz CT molecular complexity index is 368. The second-order valence-electron chi connectivity index (χ2n) is 2.74. The van der Waals surface area contributed by atoms with Crippen molar-refractivity contribution in [1.29, 1.82) is 5.26 Å². The van der Waals surface area contributed by atoms with Gasteiger partial charge in [0.2, 0.25) is 0 Å². The largest absolute Gasteiger partial charge is 0.246 e. The van der Waals surface area contributed by atoms with Crippen molar-refractivity contribution in [1.82, 2.24) is 0 Å². The van der Waals surface area contributed by atoms with Crippen LogP contribution in [0.25, 0.3) is 0 Å². The molecule has 0 aliphatic heterocycles. The first-order chi connectivity index (χ1) is 6.78. The Hall–Kier alpha value is -1.50. The fourth-order valence-electron chi connectivity index (χ4n) is 1.29. The Kier molecular flexibility index (Phi) is 3.52.